The van der Waals surface area contributed by atoms with Gasteiger partial charge < -0.3 is 4.74 Å². The molecule has 0 amide bonds. The van der Waals surface area contributed by atoms with E-state index in [1.54, 1.807) is 11.3 Å². The summed E-state index contributed by atoms with van der Waals surface area (Å²) in [5, 5.41) is 1.27. The Kier molecular flexibility index (Phi) is 3.83. The van der Waals surface area contributed by atoms with Crippen LogP contribution in [0.15, 0.2) is 24.3 Å². The van der Waals surface area contributed by atoms with E-state index in [4.69, 9.17) is 16.3 Å². The van der Waals surface area contributed by atoms with Gasteiger partial charge in [0.2, 0.25) is 0 Å². The van der Waals surface area contributed by atoms with Gasteiger partial charge in [0.25, 0.3) is 0 Å². The van der Waals surface area contributed by atoms with Crippen molar-refractivity contribution in [3.63, 3.8) is 0 Å². The summed E-state index contributed by atoms with van der Waals surface area (Å²) in [6, 6.07) is 8.24. The Bertz CT molecular complexity index is 488. The quantitative estimate of drug-likeness (QED) is 0.790. The fraction of sp³-hybridized carbons (Fsp3) is 0.500. The third kappa shape index (κ3) is 2.85. The molecule has 2 heterocycles. The number of halogens is 1. The second-order valence-electron chi connectivity index (χ2n) is 4.75. The lowest BCUT2D eigenvalue weighted by atomic mass is 10.1. The minimum Gasteiger partial charge on any atom is -0.378 e. The van der Waals surface area contributed by atoms with Crippen LogP contribution in [-0.2, 0) is 11.2 Å². The maximum absolute atomic E-state index is 6.41. The molecule has 1 fully saturated rings. The van der Waals surface area contributed by atoms with E-state index in [0.717, 1.165) is 36.4 Å². The second-order valence-corrected chi connectivity index (χ2v) is 6.48. The zero-order chi connectivity index (χ0) is 12.4. The van der Waals surface area contributed by atoms with Gasteiger partial charge in [-0.1, -0.05) is 12.1 Å². The summed E-state index contributed by atoms with van der Waals surface area (Å²) in [4.78, 5) is 4.62. The fourth-order valence-electron chi connectivity index (χ4n) is 2.40. The molecule has 0 bridgehead atoms. The van der Waals surface area contributed by atoms with E-state index >= 15 is 0 Å². The maximum Gasteiger partial charge on any atom is 0.0953 e. The van der Waals surface area contributed by atoms with E-state index in [0.29, 0.717) is 6.10 Å². The van der Waals surface area contributed by atoms with Crippen LogP contribution >= 0.6 is 22.9 Å². The van der Waals surface area contributed by atoms with Crippen LogP contribution in [0.1, 0.15) is 24.3 Å². The standard InChI is InChI=1S/C14H16ClNOS/c15-10(8-11-4-3-7-17-11)9-14-16-12-5-1-2-6-13(12)18-14/h1-2,5-6,10-11H,3-4,7-9H2. The van der Waals surface area contributed by atoms with E-state index in [1.165, 1.54) is 11.1 Å². The second kappa shape index (κ2) is 5.55. The summed E-state index contributed by atoms with van der Waals surface area (Å²) in [6.45, 7) is 0.898. The highest BCUT2D eigenvalue weighted by Crippen LogP contribution is 2.26. The number of benzene rings is 1. The van der Waals surface area contributed by atoms with Crippen LogP contribution in [0.2, 0.25) is 0 Å². The Morgan fingerprint density at radius 3 is 3.11 bits per heavy atom. The van der Waals surface area contributed by atoms with Crippen LogP contribution in [0.5, 0.6) is 0 Å². The molecule has 1 aliphatic heterocycles. The van der Waals surface area contributed by atoms with Crippen molar-refractivity contribution in [1.82, 2.24) is 4.98 Å². The number of fused-ring (bicyclic) bond motifs is 1. The Morgan fingerprint density at radius 1 is 1.44 bits per heavy atom. The van der Waals surface area contributed by atoms with Crippen molar-refractivity contribution in [1.29, 1.82) is 0 Å². The van der Waals surface area contributed by atoms with Crippen LogP contribution in [0.4, 0.5) is 0 Å². The number of rotatable bonds is 4. The van der Waals surface area contributed by atoms with Gasteiger partial charge in [0.05, 0.1) is 21.3 Å². The predicted molar refractivity (Wildman–Crippen MR) is 76.6 cm³/mol. The predicted octanol–water partition coefficient (Wildman–Crippen LogP) is 4.02. The van der Waals surface area contributed by atoms with Crippen LogP contribution in [0.25, 0.3) is 10.2 Å². The van der Waals surface area contributed by atoms with Crippen LogP contribution in [0, 0.1) is 0 Å². The van der Waals surface area contributed by atoms with Gasteiger partial charge >= 0.3 is 0 Å². The zero-order valence-electron chi connectivity index (χ0n) is 10.1. The summed E-state index contributed by atoms with van der Waals surface area (Å²) in [6.07, 6.45) is 4.48. The molecular formula is C14H16ClNOS. The lowest BCUT2D eigenvalue weighted by Crippen LogP contribution is -2.14. The molecule has 1 aromatic heterocycles. The Hall–Kier alpha value is -0.640. The third-order valence-electron chi connectivity index (χ3n) is 3.28. The highest BCUT2D eigenvalue weighted by atomic mass is 35.5. The molecule has 1 aliphatic rings. The summed E-state index contributed by atoms with van der Waals surface area (Å²) >= 11 is 8.16. The number of thiazole rings is 1. The molecule has 1 saturated heterocycles. The number of para-hydroxylation sites is 1. The molecule has 2 aromatic rings. The minimum atomic E-state index is 0.133. The van der Waals surface area contributed by atoms with Gasteiger partial charge in [0.1, 0.15) is 0 Å². The molecule has 1 aromatic carbocycles. The maximum atomic E-state index is 6.41. The largest absolute Gasteiger partial charge is 0.378 e. The van der Waals surface area contributed by atoms with Gasteiger partial charge in [0, 0.05) is 18.4 Å². The average Bonchev–Trinajstić information content (AvgIpc) is 2.96. The molecule has 18 heavy (non-hydrogen) atoms. The fourth-order valence-corrected chi connectivity index (χ4v) is 3.88. The number of hydrogen-bond donors (Lipinski definition) is 0. The Labute approximate surface area is 116 Å². The van der Waals surface area contributed by atoms with E-state index in [9.17, 15) is 0 Å². The number of nitrogens with zero attached hydrogens (tertiary/aromatic N) is 1. The normalized spacial score (nSPS) is 21.5. The lowest BCUT2D eigenvalue weighted by molar-refractivity contribution is 0.103. The van der Waals surface area contributed by atoms with Crippen LogP contribution in [0.3, 0.4) is 0 Å². The Morgan fingerprint density at radius 2 is 2.33 bits per heavy atom. The summed E-state index contributed by atoms with van der Waals surface area (Å²) in [5.41, 5.74) is 1.08. The molecule has 2 unspecified atom stereocenters. The molecular weight excluding hydrogens is 266 g/mol. The van der Waals surface area contributed by atoms with Gasteiger partial charge in [-0.3, -0.25) is 0 Å². The van der Waals surface area contributed by atoms with E-state index in [2.05, 4.69) is 23.2 Å². The van der Waals surface area contributed by atoms with Gasteiger partial charge in [-0.2, -0.15) is 0 Å². The molecule has 2 atom stereocenters. The minimum absolute atomic E-state index is 0.133. The first kappa shape index (κ1) is 12.4. The summed E-state index contributed by atoms with van der Waals surface area (Å²) in [5.74, 6) is 0. The van der Waals surface area contributed by atoms with Gasteiger partial charge in [0.15, 0.2) is 0 Å². The van der Waals surface area contributed by atoms with Crippen molar-refractivity contribution in [2.45, 2.75) is 37.2 Å². The monoisotopic (exact) mass is 281 g/mol. The smallest absolute Gasteiger partial charge is 0.0953 e. The zero-order valence-corrected chi connectivity index (χ0v) is 11.7. The molecule has 4 heteroatoms. The number of hydrogen-bond acceptors (Lipinski definition) is 3. The van der Waals surface area contributed by atoms with Gasteiger partial charge in [-0.15, -0.1) is 22.9 Å². The number of aromatic nitrogens is 1. The van der Waals surface area contributed by atoms with E-state index < -0.39 is 0 Å². The van der Waals surface area contributed by atoms with Gasteiger partial charge in [-0.25, -0.2) is 4.98 Å². The molecule has 3 rings (SSSR count). The summed E-state index contributed by atoms with van der Waals surface area (Å²) in [7, 11) is 0. The topological polar surface area (TPSA) is 22.1 Å². The Balaban J connectivity index is 1.64. The number of alkyl halides is 1. The van der Waals surface area contributed by atoms with Crippen molar-refractivity contribution in [3.05, 3.63) is 29.3 Å². The molecule has 0 saturated carbocycles. The first-order valence-corrected chi connectivity index (χ1v) is 7.66. The van der Waals surface area contributed by atoms with Crippen molar-refractivity contribution in [2.75, 3.05) is 6.61 Å². The lowest BCUT2D eigenvalue weighted by Gasteiger charge is -2.12. The van der Waals surface area contributed by atoms with Crippen LogP contribution in [-0.4, -0.2) is 23.1 Å². The van der Waals surface area contributed by atoms with E-state index in [1.807, 2.05) is 6.07 Å². The van der Waals surface area contributed by atoms with Crippen molar-refractivity contribution in [2.24, 2.45) is 0 Å². The number of ether oxygens (including phenoxy) is 1. The molecule has 96 valence electrons. The molecule has 0 N–H and O–H groups in total. The van der Waals surface area contributed by atoms with Crippen LogP contribution < -0.4 is 0 Å². The van der Waals surface area contributed by atoms with Crippen molar-refractivity contribution < 1.29 is 4.74 Å². The first-order chi connectivity index (χ1) is 8.81. The molecule has 0 aliphatic carbocycles. The average molecular weight is 282 g/mol. The van der Waals surface area contributed by atoms with Crippen molar-refractivity contribution in [3.8, 4) is 0 Å². The highest BCUT2D eigenvalue weighted by molar-refractivity contribution is 7.18. The van der Waals surface area contributed by atoms with Crippen molar-refractivity contribution >= 4 is 33.2 Å². The molecule has 0 spiro atoms. The molecule has 2 nitrogen and oxygen atoms in total. The highest BCUT2D eigenvalue weighted by Gasteiger charge is 2.20. The first-order valence-electron chi connectivity index (χ1n) is 6.41. The van der Waals surface area contributed by atoms with Gasteiger partial charge in [-0.05, 0) is 31.4 Å². The SMILES string of the molecule is ClC(Cc1nc2ccccc2s1)CC1CCCO1. The summed E-state index contributed by atoms with van der Waals surface area (Å²) < 4.78 is 6.86. The molecule has 0 radical (unpaired) electrons. The van der Waals surface area contributed by atoms with E-state index in [-0.39, 0.29) is 5.38 Å². The third-order valence-corrected chi connectivity index (χ3v) is 4.67.